The summed E-state index contributed by atoms with van der Waals surface area (Å²) in [6.07, 6.45) is 6.00. The molecule has 1 fully saturated rings. The molecule has 0 heterocycles. The van der Waals surface area contributed by atoms with Crippen molar-refractivity contribution in [2.45, 2.75) is 45.1 Å². The van der Waals surface area contributed by atoms with E-state index in [1.54, 1.807) is 13.0 Å². The third-order valence-corrected chi connectivity index (χ3v) is 3.23. The van der Waals surface area contributed by atoms with Crippen molar-refractivity contribution in [2.24, 2.45) is 0 Å². The highest BCUT2D eigenvalue weighted by molar-refractivity contribution is 5.45. The molecule has 0 atom stereocenters. The predicted octanol–water partition coefficient (Wildman–Crippen LogP) is 3.61. The number of nitro groups is 1. The molecule has 0 unspecified atom stereocenters. The minimum Gasteiger partial charge on any atom is -0.490 e. The van der Waals surface area contributed by atoms with E-state index in [0.717, 1.165) is 12.8 Å². The van der Waals surface area contributed by atoms with E-state index in [0.29, 0.717) is 11.3 Å². The zero-order valence-electron chi connectivity index (χ0n) is 10.0. The molecule has 0 N–H and O–H groups in total. The fourth-order valence-corrected chi connectivity index (χ4v) is 2.23. The monoisotopic (exact) mass is 235 g/mol. The lowest BCUT2D eigenvalue weighted by molar-refractivity contribution is -0.385. The van der Waals surface area contributed by atoms with E-state index in [1.807, 2.05) is 6.07 Å². The first kappa shape index (κ1) is 11.9. The zero-order valence-corrected chi connectivity index (χ0v) is 10.0. The van der Waals surface area contributed by atoms with Gasteiger partial charge in [-0.15, -0.1) is 0 Å². The van der Waals surface area contributed by atoms with Crippen molar-refractivity contribution in [3.63, 3.8) is 0 Å². The summed E-state index contributed by atoms with van der Waals surface area (Å²) >= 11 is 0. The highest BCUT2D eigenvalue weighted by Crippen LogP contribution is 2.27. The highest BCUT2D eigenvalue weighted by Gasteiger charge is 2.17. The van der Waals surface area contributed by atoms with Crippen LogP contribution in [0.4, 0.5) is 5.69 Å². The summed E-state index contributed by atoms with van der Waals surface area (Å²) in [5, 5.41) is 10.8. The first-order valence-electron chi connectivity index (χ1n) is 6.08. The van der Waals surface area contributed by atoms with Crippen LogP contribution >= 0.6 is 0 Å². The van der Waals surface area contributed by atoms with Gasteiger partial charge in [0.2, 0.25) is 0 Å². The largest absolute Gasteiger partial charge is 0.490 e. The van der Waals surface area contributed by atoms with Crippen LogP contribution in [-0.4, -0.2) is 11.0 Å². The van der Waals surface area contributed by atoms with Crippen molar-refractivity contribution < 1.29 is 9.66 Å². The molecule has 0 aliphatic heterocycles. The SMILES string of the molecule is Cc1ccc(OC2CCCCC2)cc1[N+](=O)[O-]. The van der Waals surface area contributed by atoms with E-state index in [9.17, 15) is 10.1 Å². The zero-order chi connectivity index (χ0) is 12.3. The molecule has 0 bridgehead atoms. The molecule has 1 saturated carbocycles. The van der Waals surface area contributed by atoms with Crippen LogP contribution in [0.2, 0.25) is 0 Å². The van der Waals surface area contributed by atoms with E-state index < -0.39 is 0 Å². The van der Waals surface area contributed by atoms with Crippen molar-refractivity contribution in [3.8, 4) is 5.75 Å². The van der Waals surface area contributed by atoms with Crippen LogP contribution < -0.4 is 4.74 Å². The van der Waals surface area contributed by atoms with Crippen LogP contribution in [0.1, 0.15) is 37.7 Å². The van der Waals surface area contributed by atoms with Gasteiger partial charge in [-0.2, -0.15) is 0 Å². The quantitative estimate of drug-likeness (QED) is 0.594. The van der Waals surface area contributed by atoms with E-state index >= 15 is 0 Å². The molecule has 0 spiro atoms. The van der Waals surface area contributed by atoms with Crippen LogP contribution in [-0.2, 0) is 0 Å². The summed E-state index contributed by atoms with van der Waals surface area (Å²) < 4.78 is 5.80. The molecular weight excluding hydrogens is 218 g/mol. The Balaban J connectivity index is 2.10. The Kier molecular flexibility index (Phi) is 3.61. The van der Waals surface area contributed by atoms with Gasteiger partial charge in [0.25, 0.3) is 5.69 Å². The third-order valence-electron chi connectivity index (χ3n) is 3.23. The second kappa shape index (κ2) is 5.17. The summed E-state index contributed by atoms with van der Waals surface area (Å²) in [4.78, 5) is 10.5. The molecule has 0 saturated heterocycles. The van der Waals surface area contributed by atoms with E-state index in [-0.39, 0.29) is 16.7 Å². The number of benzene rings is 1. The molecule has 1 aliphatic rings. The molecule has 0 amide bonds. The summed E-state index contributed by atoms with van der Waals surface area (Å²) in [6, 6.07) is 5.09. The number of ether oxygens (including phenoxy) is 1. The first-order valence-corrected chi connectivity index (χ1v) is 6.08. The van der Waals surface area contributed by atoms with E-state index in [1.165, 1.54) is 25.3 Å². The minimum absolute atomic E-state index is 0.137. The smallest absolute Gasteiger partial charge is 0.276 e. The van der Waals surface area contributed by atoms with Gasteiger partial charge in [-0.1, -0.05) is 6.42 Å². The number of hydrogen-bond donors (Lipinski definition) is 0. The molecular formula is C13H17NO3. The second-order valence-corrected chi connectivity index (χ2v) is 4.58. The average molecular weight is 235 g/mol. The van der Waals surface area contributed by atoms with Crippen molar-refractivity contribution >= 4 is 5.69 Å². The van der Waals surface area contributed by atoms with Crippen LogP contribution in [0.5, 0.6) is 5.75 Å². The lowest BCUT2D eigenvalue weighted by Gasteiger charge is -2.22. The molecule has 92 valence electrons. The standard InChI is InChI=1S/C13H17NO3/c1-10-7-8-12(9-13(10)14(15)16)17-11-5-3-2-4-6-11/h7-9,11H,2-6H2,1H3. The van der Waals surface area contributed by atoms with E-state index in [2.05, 4.69) is 0 Å². The average Bonchev–Trinajstić information content (AvgIpc) is 2.32. The van der Waals surface area contributed by atoms with Gasteiger partial charge in [0.05, 0.1) is 17.1 Å². The van der Waals surface area contributed by atoms with Crippen molar-refractivity contribution in [3.05, 3.63) is 33.9 Å². The van der Waals surface area contributed by atoms with Gasteiger partial charge in [-0.05, 0) is 44.7 Å². The number of rotatable bonds is 3. The molecule has 0 aromatic heterocycles. The molecule has 4 nitrogen and oxygen atoms in total. The number of nitro benzene ring substituents is 1. The topological polar surface area (TPSA) is 52.4 Å². The van der Waals surface area contributed by atoms with Crippen LogP contribution in [0.15, 0.2) is 18.2 Å². The number of nitrogens with zero attached hydrogens (tertiary/aromatic N) is 1. The maximum atomic E-state index is 10.8. The summed E-state index contributed by atoms with van der Waals surface area (Å²) in [5.74, 6) is 0.620. The summed E-state index contributed by atoms with van der Waals surface area (Å²) in [5.41, 5.74) is 0.810. The predicted molar refractivity (Wildman–Crippen MR) is 65.3 cm³/mol. The van der Waals surface area contributed by atoms with E-state index in [4.69, 9.17) is 4.74 Å². The van der Waals surface area contributed by atoms with Crippen molar-refractivity contribution in [2.75, 3.05) is 0 Å². The fourth-order valence-electron chi connectivity index (χ4n) is 2.23. The lowest BCUT2D eigenvalue weighted by Crippen LogP contribution is -2.19. The van der Waals surface area contributed by atoms with Gasteiger partial charge >= 0.3 is 0 Å². The lowest BCUT2D eigenvalue weighted by atomic mass is 9.98. The molecule has 2 rings (SSSR count). The highest BCUT2D eigenvalue weighted by atomic mass is 16.6. The van der Waals surface area contributed by atoms with Crippen molar-refractivity contribution in [1.29, 1.82) is 0 Å². The Morgan fingerprint density at radius 3 is 2.65 bits per heavy atom. The minimum atomic E-state index is -0.358. The molecule has 1 aromatic rings. The Bertz CT molecular complexity index is 411. The van der Waals surface area contributed by atoms with Gasteiger partial charge in [0.15, 0.2) is 0 Å². The Hall–Kier alpha value is -1.58. The molecule has 4 heteroatoms. The number of hydrogen-bond acceptors (Lipinski definition) is 3. The van der Waals surface area contributed by atoms with Gasteiger partial charge in [0.1, 0.15) is 5.75 Å². The van der Waals surface area contributed by atoms with Gasteiger partial charge in [0, 0.05) is 5.56 Å². The maximum Gasteiger partial charge on any atom is 0.276 e. The van der Waals surface area contributed by atoms with Gasteiger partial charge < -0.3 is 4.74 Å². The van der Waals surface area contributed by atoms with Crippen LogP contribution in [0.3, 0.4) is 0 Å². The normalized spacial score (nSPS) is 16.8. The van der Waals surface area contributed by atoms with Crippen molar-refractivity contribution in [1.82, 2.24) is 0 Å². The second-order valence-electron chi connectivity index (χ2n) is 4.58. The van der Waals surface area contributed by atoms with Gasteiger partial charge in [-0.25, -0.2) is 0 Å². The molecule has 1 aliphatic carbocycles. The summed E-state index contributed by atoms with van der Waals surface area (Å²) in [7, 11) is 0. The molecule has 0 radical (unpaired) electrons. The van der Waals surface area contributed by atoms with Crippen LogP contribution in [0, 0.1) is 17.0 Å². The Labute approximate surface area is 101 Å². The fraction of sp³-hybridized carbons (Fsp3) is 0.538. The van der Waals surface area contributed by atoms with Crippen LogP contribution in [0.25, 0.3) is 0 Å². The maximum absolute atomic E-state index is 10.8. The first-order chi connectivity index (χ1) is 8.16. The Morgan fingerprint density at radius 2 is 2.00 bits per heavy atom. The molecule has 17 heavy (non-hydrogen) atoms. The molecule has 1 aromatic carbocycles. The van der Waals surface area contributed by atoms with Gasteiger partial charge in [-0.3, -0.25) is 10.1 Å². The Morgan fingerprint density at radius 1 is 1.29 bits per heavy atom. The third kappa shape index (κ3) is 2.96. The summed E-state index contributed by atoms with van der Waals surface area (Å²) in [6.45, 7) is 1.74. The number of aryl methyl sites for hydroxylation is 1.